The van der Waals surface area contributed by atoms with Gasteiger partial charge in [-0.15, -0.1) is 0 Å². The fraction of sp³-hybridized carbons (Fsp3) is 1.00. The normalized spacial score (nSPS) is 13.1. The molecule has 0 rings (SSSR count). The molecule has 0 aromatic carbocycles. The van der Waals surface area contributed by atoms with E-state index in [1.807, 2.05) is 11.8 Å². The van der Waals surface area contributed by atoms with Gasteiger partial charge in [-0.3, -0.25) is 5.26 Å². The van der Waals surface area contributed by atoms with Crippen LogP contribution in [0.1, 0.15) is 60.3 Å². The van der Waals surface area contributed by atoms with Crippen molar-refractivity contribution >= 4 is 11.8 Å². The Bertz CT molecular complexity index is 185. The molecule has 0 amide bonds. The zero-order valence-corrected chi connectivity index (χ0v) is 13.0. The van der Waals surface area contributed by atoms with Crippen molar-refractivity contribution in [3.8, 4) is 0 Å². The molecule has 0 aromatic heterocycles. The van der Waals surface area contributed by atoms with E-state index in [9.17, 15) is 0 Å². The van der Waals surface area contributed by atoms with Crippen LogP contribution < -0.4 is 0 Å². The van der Waals surface area contributed by atoms with Crippen LogP contribution in [0.2, 0.25) is 0 Å². The Hall–Kier alpha value is 0.270. The summed E-state index contributed by atoms with van der Waals surface area (Å²) in [6.07, 6.45) is 4.94. The smallest absolute Gasteiger partial charge is 0.0870 e. The van der Waals surface area contributed by atoms with E-state index in [1.165, 1.54) is 30.8 Å². The highest BCUT2D eigenvalue weighted by atomic mass is 32.2. The van der Waals surface area contributed by atoms with Gasteiger partial charge in [0, 0.05) is 0 Å². The molecular formula is C14H30O2S. The third-order valence-electron chi connectivity index (χ3n) is 2.81. The maximum atomic E-state index is 8.45. The van der Waals surface area contributed by atoms with Crippen molar-refractivity contribution in [3.63, 3.8) is 0 Å². The molecule has 0 spiro atoms. The van der Waals surface area contributed by atoms with Crippen molar-refractivity contribution in [1.82, 2.24) is 0 Å². The molecule has 1 N–H and O–H groups in total. The summed E-state index contributed by atoms with van der Waals surface area (Å²) in [5.41, 5.74) is 0.571. The lowest BCUT2D eigenvalue weighted by Crippen LogP contribution is -2.18. The maximum absolute atomic E-state index is 8.45. The Kier molecular flexibility index (Phi) is 8.52. The molecular weight excluding hydrogens is 232 g/mol. The Morgan fingerprint density at radius 1 is 0.941 bits per heavy atom. The van der Waals surface area contributed by atoms with Gasteiger partial charge in [0.15, 0.2) is 0 Å². The minimum absolute atomic E-state index is 0.0979. The Labute approximate surface area is 111 Å². The lowest BCUT2D eigenvalue weighted by molar-refractivity contribution is -0.260. The molecule has 0 atom stereocenters. The number of rotatable bonds is 9. The molecule has 0 unspecified atom stereocenters. The molecule has 17 heavy (non-hydrogen) atoms. The lowest BCUT2D eigenvalue weighted by atomic mass is 9.89. The Morgan fingerprint density at radius 3 is 1.94 bits per heavy atom. The summed E-state index contributed by atoms with van der Waals surface area (Å²) in [7, 11) is 0. The SMILES string of the molecule is CC(C)(C)CCCSCCCC(C)(C)COO. The van der Waals surface area contributed by atoms with Crippen LogP contribution in [0.5, 0.6) is 0 Å². The van der Waals surface area contributed by atoms with E-state index in [-0.39, 0.29) is 5.41 Å². The second-order valence-corrected chi connectivity index (χ2v) is 8.04. The van der Waals surface area contributed by atoms with E-state index in [4.69, 9.17) is 5.26 Å². The summed E-state index contributed by atoms with van der Waals surface area (Å²) in [6.45, 7) is 11.6. The highest BCUT2D eigenvalue weighted by molar-refractivity contribution is 7.99. The van der Waals surface area contributed by atoms with Crippen LogP contribution in [0.4, 0.5) is 0 Å². The zero-order valence-electron chi connectivity index (χ0n) is 12.2. The topological polar surface area (TPSA) is 29.5 Å². The minimum Gasteiger partial charge on any atom is -0.252 e. The summed E-state index contributed by atoms with van der Waals surface area (Å²) in [5, 5.41) is 8.45. The van der Waals surface area contributed by atoms with Crippen molar-refractivity contribution in [3.05, 3.63) is 0 Å². The van der Waals surface area contributed by atoms with E-state index in [0.717, 1.165) is 6.42 Å². The molecule has 0 fully saturated rings. The Balaban J connectivity index is 3.35. The molecule has 104 valence electrons. The van der Waals surface area contributed by atoms with Crippen LogP contribution in [0.3, 0.4) is 0 Å². The largest absolute Gasteiger partial charge is 0.252 e. The maximum Gasteiger partial charge on any atom is 0.0870 e. The van der Waals surface area contributed by atoms with Gasteiger partial charge < -0.3 is 0 Å². The first-order valence-corrected chi connectivity index (χ1v) is 7.76. The average molecular weight is 262 g/mol. The van der Waals surface area contributed by atoms with E-state index >= 15 is 0 Å². The van der Waals surface area contributed by atoms with Gasteiger partial charge in [-0.25, -0.2) is 4.89 Å². The summed E-state index contributed by atoms with van der Waals surface area (Å²) >= 11 is 2.05. The predicted octanol–water partition coefficient (Wildman–Crippen LogP) is 4.84. The van der Waals surface area contributed by atoms with Gasteiger partial charge in [0.2, 0.25) is 0 Å². The van der Waals surface area contributed by atoms with Gasteiger partial charge in [0.25, 0.3) is 0 Å². The molecule has 0 saturated heterocycles. The zero-order chi connectivity index (χ0) is 13.4. The highest BCUT2D eigenvalue weighted by Crippen LogP contribution is 2.25. The van der Waals surface area contributed by atoms with Gasteiger partial charge in [-0.2, -0.15) is 11.8 Å². The lowest BCUT2D eigenvalue weighted by Gasteiger charge is -2.22. The van der Waals surface area contributed by atoms with Crippen LogP contribution in [-0.2, 0) is 4.89 Å². The summed E-state index contributed by atoms with van der Waals surface area (Å²) < 4.78 is 0. The molecule has 0 aromatic rings. The second kappa shape index (κ2) is 8.39. The molecule has 0 bridgehead atoms. The number of hydrogen-bond acceptors (Lipinski definition) is 3. The summed E-state index contributed by atoms with van der Waals surface area (Å²) in [6, 6.07) is 0. The average Bonchev–Trinajstić information content (AvgIpc) is 2.14. The van der Waals surface area contributed by atoms with Gasteiger partial charge in [0.05, 0.1) is 6.61 Å². The minimum atomic E-state index is 0.0979. The van der Waals surface area contributed by atoms with Crippen molar-refractivity contribution in [2.24, 2.45) is 10.8 Å². The quantitative estimate of drug-likeness (QED) is 0.366. The van der Waals surface area contributed by atoms with Crippen molar-refractivity contribution in [2.75, 3.05) is 18.1 Å². The molecule has 0 heterocycles. The van der Waals surface area contributed by atoms with Crippen LogP contribution in [0, 0.1) is 10.8 Å². The monoisotopic (exact) mass is 262 g/mol. The van der Waals surface area contributed by atoms with Crippen LogP contribution >= 0.6 is 11.8 Å². The van der Waals surface area contributed by atoms with E-state index in [1.54, 1.807) is 0 Å². The van der Waals surface area contributed by atoms with Gasteiger partial charge in [-0.05, 0) is 48.0 Å². The van der Waals surface area contributed by atoms with Crippen molar-refractivity contribution in [2.45, 2.75) is 60.3 Å². The number of thioether (sulfide) groups is 1. The standard InChI is InChI=1S/C14H30O2S/c1-13(2,3)8-6-10-17-11-7-9-14(4,5)12-16-15/h15H,6-12H2,1-5H3. The first-order chi connectivity index (χ1) is 7.77. The molecule has 2 nitrogen and oxygen atoms in total. The van der Waals surface area contributed by atoms with E-state index in [2.05, 4.69) is 39.5 Å². The third kappa shape index (κ3) is 12.5. The van der Waals surface area contributed by atoms with E-state index in [0.29, 0.717) is 12.0 Å². The Morgan fingerprint density at radius 2 is 1.47 bits per heavy atom. The molecule has 0 aliphatic carbocycles. The highest BCUT2D eigenvalue weighted by Gasteiger charge is 2.17. The van der Waals surface area contributed by atoms with Gasteiger partial charge in [-0.1, -0.05) is 34.6 Å². The number of hydrogen-bond donors (Lipinski definition) is 1. The molecule has 3 heteroatoms. The fourth-order valence-corrected chi connectivity index (χ4v) is 2.61. The van der Waals surface area contributed by atoms with Gasteiger partial charge in [0.1, 0.15) is 0 Å². The van der Waals surface area contributed by atoms with Crippen molar-refractivity contribution in [1.29, 1.82) is 0 Å². The first-order valence-electron chi connectivity index (χ1n) is 6.61. The van der Waals surface area contributed by atoms with Crippen LogP contribution in [0.15, 0.2) is 0 Å². The van der Waals surface area contributed by atoms with E-state index < -0.39 is 0 Å². The van der Waals surface area contributed by atoms with Crippen LogP contribution in [0.25, 0.3) is 0 Å². The molecule has 0 saturated carbocycles. The predicted molar refractivity (Wildman–Crippen MR) is 77.6 cm³/mol. The van der Waals surface area contributed by atoms with Crippen molar-refractivity contribution < 1.29 is 10.1 Å². The van der Waals surface area contributed by atoms with Crippen LogP contribution in [-0.4, -0.2) is 23.4 Å². The summed E-state index contributed by atoms with van der Waals surface area (Å²) in [5.74, 6) is 2.49. The summed E-state index contributed by atoms with van der Waals surface area (Å²) in [4.78, 5) is 4.23. The second-order valence-electron chi connectivity index (χ2n) is 6.82. The molecule has 0 aliphatic heterocycles. The van der Waals surface area contributed by atoms with Gasteiger partial charge >= 0.3 is 0 Å². The molecule has 0 radical (unpaired) electrons. The first kappa shape index (κ1) is 17.3. The molecule has 0 aliphatic rings. The third-order valence-corrected chi connectivity index (χ3v) is 3.97. The fourth-order valence-electron chi connectivity index (χ4n) is 1.71.